The molecule has 0 saturated heterocycles. The molecule has 3 aromatic heterocycles. The third-order valence-electron chi connectivity index (χ3n) is 4.55. The quantitative estimate of drug-likeness (QED) is 0.609. The Kier molecular flexibility index (Phi) is 4.98. The van der Waals surface area contributed by atoms with Gasteiger partial charge in [-0.25, -0.2) is 9.67 Å². The topological polar surface area (TPSA) is 91.8 Å². The van der Waals surface area contributed by atoms with Gasteiger partial charge in [0.05, 0.1) is 29.6 Å². The molecule has 0 fully saturated rings. The fraction of sp³-hybridized carbons (Fsp3) is 0.471. The van der Waals surface area contributed by atoms with Crippen LogP contribution in [0.2, 0.25) is 0 Å². The molecule has 8 nitrogen and oxygen atoms in total. The minimum absolute atomic E-state index is 0.173. The van der Waals surface area contributed by atoms with Gasteiger partial charge in [-0.2, -0.15) is 4.98 Å². The van der Waals surface area contributed by atoms with Crippen molar-refractivity contribution in [1.82, 2.24) is 30.1 Å². The molecule has 0 spiro atoms. The Balaban J connectivity index is 1.54. The fourth-order valence-electron chi connectivity index (χ4n) is 3.16. The number of hydrogen-bond donors (Lipinski definition) is 0. The van der Waals surface area contributed by atoms with Crippen molar-refractivity contribution in [2.24, 2.45) is 0 Å². The number of hydrogen-bond acceptors (Lipinski definition) is 8. The van der Waals surface area contributed by atoms with Crippen LogP contribution in [0.4, 0.5) is 0 Å². The summed E-state index contributed by atoms with van der Waals surface area (Å²) in [6, 6.07) is 5.82. The second kappa shape index (κ2) is 7.55. The third-order valence-corrected chi connectivity index (χ3v) is 5.19. The summed E-state index contributed by atoms with van der Waals surface area (Å²) >= 11 is 1.59. The first-order valence-corrected chi connectivity index (χ1v) is 9.76. The summed E-state index contributed by atoms with van der Waals surface area (Å²) in [6.07, 6.45) is 4.58. The number of rotatable bonds is 6. The summed E-state index contributed by atoms with van der Waals surface area (Å²) in [4.78, 5) is 9.14. The summed E-state index contributed by atoms with van der Waals surface area (Å²) < 4.78 is 12.6. The van der Waals surface area contributed by atoms with E-state index in [-0.39, 0.29) is 5.92 Å². The number of methoxy groups -OCH3 is 1. The van der Waals surface area contributed by atoms with Crippen molar-refractivity contribution >= 4 is 11.8 Å². The standard InChI is InChI=1S/C17H20N6O2S/c1-24-9-8-23-14-10-11(6-7-12(14)20-22-23)17-19-16(21-25-17)13-4-3-5-15(18-13)26-2/h3-5,11H,6-10H2,1-2H3. The maximum absolute atomic E-state index is 5.56. The van der Waals surface area contributed by atoms with E-state index < -0.39 is 0 Å². The van der Waals surface area contributed by atoms with E-state index in [1.807, 2.05) is 29.1 Å². The number of nitrogens with zero attached hydrogens (tertiary/aromatic N) is 6. The van der Waals surface area contributed by atoms with E-state index in [1.54, 1.807) is 18.9 Å². The van der Waals surface area contributed by atoms with Crippen LogP contribution in [0, 0.1) is 0 Å². The van der Waals surface area contributed by atoms with E-state index in [2.05, 4.69) is 25.4 Å². The molecule has 0 saturated carbocycles. The highest BCUT2D eigenvalue weighted by atomic mass is 32.2. The van der Waals surface area contributed by atoms with Crippen LogP contribution in [-0.2, 0) is 24.1 Å². The molecule has 3 aromatic rings. The van der Waals surface area contributed by atoms with Gasteiger partial charge in [0.1, 0.15) is 5.69 Å². The Hall–Kier alpha value is -2.26. The minimum Gasteiger partial charge on any atom is -0.383 e. The van der Waals surface area contributed by atoms with Gasteiger partial charge in [0.2, 0.25) is 11.7 Å². The Morgan fingerprint density at radius 1 is 1.35 bits per heavy atom. The van der Waals surface area contributed by atoms with Gasteiger partial charge in [-0.15, -0.1) is 16.9 Å². The van der Waals surface area contributed by atoms with Gasteiger partial charge >= 0.3 is 0 Å². The first kappa shape index (κ1) is 17.2. The number of ether oxygens (including phenoxy) is 1. The average molecular weight is 372 g/mol. The number of aryl methyl sites for hydroxylation is 1. The largest absolute Gasteiger partial charge is 0.383 e. The lowest BCUT2D eigenvalue weighted by molar-refractivity contribution is 0.181. The number of pyridine rings is 1. The smallest absolute Gasteiger partial charge is 0.230 e. The molecular formula is C17H20N6O2S. The highest BCUT2D eigenvalue weighted by molar-refractivity contribution is 7.98. The zero-order chi connectivity index (χ0) is 17.9. The average Bonchev–Trinajstić information content (AvgIpc) is 3.33. The molecule has 0 bridgehead atoms. The van der Waals surface area contributed by atoms with E-state index in [0.29, 0.717) is 24.9 Å². The van der Waals surface area contributed by atoms with Crippen LogP contribution < -0.4 is 0 Å². The molecule has 9 heteroatoms. The van der Waals surface area contributed by atoms with Gasteiger partial charge in [0.25, 0.3) is 0 Å². The molecule has 4 rings (SSSR count). The van der Waals surface area contributed by atoms with Gasteiger partial charge in [-0.05, 0) is 31.2 Å². The SMILES string of the molecule is COCCn1nnc2c1CC(c1nc(-c3cccc(SC)n3)no1)CC2. The van der Waals surface area contributed by atoms with Crippen LogP contribution in [0.25, 0.3) is 11.5 Å². The molecule has 3 heterocycles. The van der Waals surface area contributed by atoms with E-state index >= 15 is 0 Å². The Morgan fingerprint density at radius 2 is 2.27 bits per heavy atom. The highest BCUT2D eigenvalue weighted by Gasteiger charge is 2.29. The number of aromatic nitrogens is 6. The molecule has 136 valence electrons. The van der Waals surface area contributed by atoms with Crippen molar-refractivity contribution in [3.8, 4) is 11.5 Å². The lowest BCUT2D eigenvalue weighted by Crippen LogP contribution is -2.18. The molecule has 0 radical (unpaired) electrons. The zero-order valence-electron chi connectivity index (χ0n) is 14.8. The summed E-state index contributed by atoms with van der Waals surface area (Å²) in [5.41, 5.74) is 2.93. The van der Waals surface area contributed by atoms with Gasteiger partial charge in [0, 0.05) is 19.4 Å². The molecule has 1 aliphatic rings. The molecule has 1 aliphatic carbocycles. The lowest BCUT2D eigenvalue weighted by Gasteiger charge is -2.18. The predicted molar refractivity (Wildman–Crippen MR) is 96.0 cm³/mol. The number of thioether (sulfide) groups is 1. The van der Waals surface area contributed by atoms with Crippen LogP contribution in [0.1, 0.15) is 29.6 Å². The Labute approximate surface area is 155 Å². The first-order valence-electron chi connectivity index (χ1n) is 8.53. The molecule has 0 aliphatic heterocycles. The molecule has 0 aromatic carbocycles. The van der Waals surface area contributed by atoms with Crippen molar-refractivity contribution in [2.75, 3.05) is 20.0 Å². The number of fused-ring (bicyclic) bond motifs is 1. The summed E-state index contributed by atoms with van der Waals surface area (Å²) in [7, 11) is 1.69. The maximum Gasteiger partial charge on any atom is 0.230 e. The van der Waals surface area contributed by atoms with Crippen LogP contribution in [0.3, 0.4) is 0 Å². The van der Waals surface area contributed by atoms with Crippen LogP contribution in [0.5, 0.6) is 0 Å². The van der Waals surface area contributed by atoms with Crippen molar-refractivity contribution in [2.45, 2.75) is 36.8 Å². The minimum atomic E-state index is 0.173. The van der Waals surface area contributed by atoms with Gasteiger partial charge < -0.3 is 9.26 Å². The van der Waals surface area contributed by atoms with Crippen LogP contribution in [-0.4, -0.2) is 50.1 Å². The van der Waals surface area contributed by atoms with Gasteiger partial charge in [-0.3, -0.25) is 0 Å². The van der Waals surface area contributed by atoms with Crippen molar-refractivity contribution in [3.05, 3.63) is 35.5 Å². The molecular weight excluding hydrogens is 352 g/mol. The summed E-state index contributed by atoms with van der Waals surface area (Å²) in [5, 5.41) is 13.6. The van der Waals surface area contributed by atoms with Gasteiger partial charge in [0.15, 0.2) is 0 Å². The second-order valence-electron chi connectivity index (χ2n) is 6.16. The summed E-state index contributed by atoms with van der Waals surface area (Å²) in [6.45, 7) is 1.31. The predicted octanol–water partition coefficient (Wildman–Crippen LogP) is 2.36. The maximum atomic E-state index is 5.56. The Bertz CT molecular complexity index is 893. The van der Waals surface area contributed by atoms with Crippen molar-refractivity contribution in [1.29, 1.82) is 0 Å². The van der Waals surface area contributed by atoms with E-state index in [1.165, 1.54) is 0 Å². The van der Waals surface area contributed by atoms with Crippen molar-refractivity contribution in [3.63, 3.8) is 0 Å². The van der Waals surface area contributed by atoms with Gasteiger partial charge in [-0.1, -0.05) is 16.4 Å². The fourth-order valence-corrected chi connectivity index (χ4v) is 3.56. The molecule has 1 atom stereocenters. The van der Waals surface area contributed by atoms with E-state index in [9.17, 15) is 0 Å². The second-order valence-corrected chi connectivity index (χ2v) is 6.99. The monoisotopic (exact) mass is 372 g/mol. The first-order chi connectivity index (χ1) is 12.8. The zero-order valence-corrected chi connectivity index (χ0v) is 15.6. The van der Waals surface area contributed by atoms with Crippen LogP contribution >= 0.6 is 11.8 Å². The molecule has 26 heavy (non-hydrogen) atoms. The molecule has 1 unspecified atom stereocenters. The summed E-state index contributed by atoms with van der Waals surface area (Å²) in [5.74, 6) is 1.36. The van der Waals surface area contributed by atoms with Crippen molar-refractivity contribution < 1.29 is 9.26 Å². The molecule has 0 amide bonds. The third kappa shape index (κ3) is 3.36. The lowest BCUT2D eigenvalue weighted by atomic mass is 9.89. The van der Waals surface area contributed by atoms with E-state index in [4.69, 9.17) is 9.26 Å². The Morgan fingerprint density at radius 3 is 3.12 bits per heavy atom. The molecule has 0 N–H and O–H groups in total. The van der Waals surface area contributed by atoms with Crippen LogP contribution in [0.15, 0.2) is 27.7 Å². The highest BCUT2D eigenvalue weighted by Crippen LogP contribution is 2.31. The van der Waals surface area contributed by atoms with E-state index in [0.717, 1.165) is 41.4 Å². The normalized spacial score (nSPS) is 16.6.